The quantitative estimate of drug-likeness (QED) is 0.188. The second kappa shape index (κ2) is 11.7. The fourth-order valence-electron chi connectivity index (χ4n) is 4.94. The Kier molecular flexibility index (Phi) is 7.89. The fraction of sp³-hybridized carbons (Fsp3) is 0.219. The maximum absolute atomic E-state index is 14.7. The van der Waals surface area contributed by atoms with Gasteiger partial charge in [0.1, 0.15) is 23.3 Å². The third-order valence-electron chi connectivity index (χ3n) is 6.85. The Morgan fingerprint density at radius 3 is 2.26 bits per heavy atom. The highest BCUT2D eigenvalue weighted by Gasteiger charge is 2.20. The van der Waals surface area contributed by atoms with Gasteiger partial charge in [0.2, 0.25) is 0 Å². The second-order valence-electron chi connectivity index (χ2n) is 9.58. The first-order valence-corrected chi connectivity index (χ1v) is 13.0. The topological polar surface area (TPSA) is 21.1 Å². The maximum atomic E-state index is 14.7. The summed E-state index contributed by atoms with van der Waals surface area (Å²) in [5.41, 5.74) is 2.88. The Balaban J connectivity index is 1.54. The van der Waals surface area contributed by atoms with E-state index in [0.29, 0.717) is 13.1 Å². The van der Waals surface area contributed by atoms with Crippen LogP contribution in [0.1, 0.15) is 36.6 Å². The molecule has 1 heterocycles. The summed E-state index contributed by atoms with van der Waals surface area (Å²) in [6.07, 6.45) is 3.86. The molecule has 5 aromatic rings. The standard InChI is InChI=1S/C32H30F3N3/c1-2-3-16-38-27(19-36-32(38)24-11-5-4-6-12-24)21-37(22-29-30(34)17-26(33)18-31(29)35)20-25-14-9-13-23-10-7-8-15-28(23)25/h4-15,17-19H,2-3,16,20-22H2,1H3. The molecule has 0 radical (unpaired) electrons. The van der Waals surface area contributed by atoms with Crippen LogP contribution in [0.2, 0.25) is 0 Å². The molecule has 6 heteroatoms. The molecule has 3 nitrogen and oxygen atoms in total. The molecular weight excluding hydrogens is 483 g/mol. The van der Waals surface area contributed by atoms with Crippen molar-refractivity contribution in [3.63, 3.8) is 0 Å². The van der Waals surface area contributed by atoms with Crippen molar-refractivity contribution in [2.45, 2.75) is 45.9 Å². The lowest BCUT2D eigenvalue weighted by Crippen LogP contribution is -2.25. The molecule has 0 aliphatic heterocycles. The number of fused-ring (bicyclic) bond motifs is 1. The number of unbranched alkanes of at least 4 members (excludes halogenated alkanes) is 1. The highest BCUT2D eigenvalue weighted by molar-refractivity contribution is 5.85. The molecule has 5 rings (SSSR count). The van der Waals surface area contributed by atoms with Crippen LogP contribution in [0.25, 0.3) is 22.2 Å². The number of hydrogen-bond donors (Lipinski definition) is 0. The third-order valence-corrected chi connectivity index (χ3v) is 6.85. The molecule has 194 valence electrons. The van der Waals surface area contributed by atoms with Crippen molar-refractivity contribution in [3.8, 4) is 11.4 Å². The van der Waals surface area contributed by atoms with E-state index in [1.165, 1.54) is 0 Å². The van der Waals surface area contributed by atoms with E-state index in [0.717, 1.165) is 64.9 Å². The molecule has 0 bridgehead atoms. The molecule has 1 aromatic heterocycles. The molecule has 4 aromatic carbocycles. The summed E-state index contributed by atoms with van der Waals surface area (Å²) < 4.78 is 45.3. The fourth-order valence-corrected chi connectivity index (χ4v) is 4.94. The van der Waals surface area contributed by atoms with E-state index >= 15 is 0 Å². The minimum absolute atomic E-state index is 0.0131. The summed E-state index contributed by atoms with van der Waals surface area (Å²) in [5.74, 6) is -1.81. The lowest BCUT2D eigenvalue weighted by molar-refractivity contribution is 0.234. The maximum Gasteiger partial charge on any atom is 0.140 e. The van der Waals surface area contributed by atoms with Gasteiger partial charge >= 0.3 is 0 Å². The molecule has 0 spiro atoms. The molecule has 0 N–H and O–H groups in total. The average molecular weight is 514 g/mol. The Bertz CT molecular complexity index is 1500. The van der Waals surface area contributed by atoms with Gasteiger partial charge in [0.15, 0.2) is 0 Å². The normalized spacial score (nSPS) is 11.5. The van der Waals surface area contributed by atoms with E-state index in [1.807, 2.05) is 65.7 Å². The van der Waals surface area contributed by atoms with Crippen molar-refractivity contribution >= 4 is 10.8 Å². The van der Waals surface area contributed by atoms with Gasteiger partial charge in [0.05, 0.1) is 11.9 Å². The van der Waals surface area contributed by atoms with E-state index in [4.69, 9.17) is 4.98 Å². The van der Waals surface area contributed by atoms with Crippen LogP contribution in [0.5, 0.6) is 0 Å². The molecule has 0 fully saturated rings. The number of halogens is 3. The van der Waals surface area contributed by atoms with Gasteiger partial charge in [0.25, 0.3) is 0 Å². The van der Waals surface area contributed by atoms with Gasteiger partial charge in [-0.15, -0.1) is 0 Å². The summed E-state index contributed by atoms with van der Waals surface area (Å²) in [7, 11) is 0. The molecule has 0 unspecified atom stereocenters. The first kappa shape index (κ1) is 25.7. The Morgan fingerprint density at radius 1 is 0.789 bits per heavy atom. The van der Waals surface area contributed by atoms with Crippen LogP contribution < -0.4 is 0 Å². The second-order valence-corrected chi connectivity index (χ2v) is 9.58. The zero-order chi connectivity index (χ0) is 26.5. The molecule has 0 saturated carbocycles. The summed E-state index contributed by atoms with van der Waals surface area (Å²) in [6, 6.07) is 25.7. The van der Waals surface area contributed by atoms with Gasteiger partial charge < -0.3 is 4.57 Å². The van der Waals surface area contributed by atoms with Crippen LogP contribution in [-0.2, 0) is 26.2 Å². The van der Waals surface area contributed by atoms with Gasteiger partial charge in [-0.3, -0.25) is 4.90 Å². The van der Waals surface area contributed by atoms with Gasteiger partial charge in [-0.05, 0) is 22.8 Å². The van der Waals surface area contributed by atoms with Crippen molar-refractivity contribution in [3.05, 3.63) is 125 Å². The van der Waals surface area contributed by atoms with Crippen molar-refractivity contribution in [2.24, 2.45) is 0 Å². The van der Waals surface area contributed by atoms with Gasteiger partial charge in [-0.25, -0.2) is 18.2 Å². The van der Waals surface area contributed by atoms with Crippen LogP contribution >= 0.6 is 0 Å². The largest absolute Gasteiger partial charge is 0.327 e. The monoisotopic (exact) mass is 513 g/mol. The van der Waals surface area contributed by atoms with Crippen molar-refractivity contribution in [1.82, 2.24) is 14.5 Å². The molecule has 0 amide bonds. The summed E-state index contributed by atoms with van der Waals surface area (Å²) in [4.78, 5) is 6.74. The first-order chi connectivity index (χ1) is 18.5. The minimum Gasteiger partial charge on any atom is -0.327 e. The van der Waals surface area contributed by atoms with Crippen LogP contribution in [0.3, 0.4) is 0 Å². The third kappa shape index (κ3) is 5.65. The lowest BCUT2D eigenvalue weighted by atomic mass is 10.0. The highest BCUT2D eigenvalue weighted by Crippen LogP contribution is 2.26. The molecule has 0 saturated heterocycles. The predicted octanol–water partition coefficient (Wildman–Crippen LogP) is 8.12. The number of hydrogen-bond acceptors (Lipinski definition) is 2. The van der Waals surface area contributed by atoms with Gasteiger partial charge in [0, 0.05) is 49.4 Å². The number of imidazole rings is 1. The number of benzene rings is 4. The van der Waals surface area contributed by atoms with E-state index in [-0.39, 0.29) is 12.1 Å². The lowest BCUT2D eigenvalue weighted by Gasteiger charge is -2.25. The van der Waals surface area contributed by atoms with Gasteiger partial charge in [-0.2, -0.15) is 0 Å². The van der Waals surface area contributed by atoms with Crippen LogP contribution in [0.4, 0.5) is 13.2 Å². The Hall–Kier alpha value is -3.90. The summed E-state index contributed by atoms with van der Waals surface area (Å²) >= 11 is 0. The number of rotatable bonds is 10. The molecule has 38 heavy (non-hydrogen) atoms. The molecule has 0 atom stereocenters. The average Bonchev–Trinajstić information content (AvgIpc) is 3.32. The SMILES string of the molecule is CCCCn1c(CN(Cc2c(F)cc(F)cc2F)Cc2cccc3ccccc23)cnc1-c1ccccc1. The summed E-state index contributed by atoms with van der Waals surface area (Å²) in [6.45, 7) is 3.80. The van der Waals surface area contributed by atoms with Crippen LogP contribution in [0, 0.1) is 17.5 Å². The van der Waals surface area contributed by atoms with Crippen molar-refractivity contribution in [2.75, 3.05) is 0 Å². The first-order valence-electron chi connectivity index (χ1n) is 13.0. The number of nitrogens with zero attached hydrogens (tertiary/aromatic N) is 3. The van der Waals surface area contributed by atoms with E-state index in [2.05, 4.69) is 29.7 Å². The summed E-state index contributed by atoms with van der Waals surface area (Å²) in [5, 5.41) is 2.19. The van der Waals surface area contributed by atoms with E-state index < -0.39 is 17.5 Å². The highest BCUT2D eigenvalue weighted by atomic mass is 19.1. The van der Waals surface area contributed by atoms with Gasteiger partial charge in [-0.1, -0.05) is 86.1 Å². The predicted molar refractivity (Wildman–Crippen MR) is 146 cm³/mol. The Morgan fingerprint density at radius 2 is 1.50 bits per heavy atom. The van der Waals surface area contributed by atoms with Crippen LogP contribution in [-0.4, -0.2) is 14.5 Å². The molecule has 0 aliphatic carbocycles. The molecular formula is C32H30F3N3. The smallest absolute Gasteiger partial charge is 0.140 e. The minimum atomic E-state index is -0.922. The molecule has 0 aliphatic rings. The van der Waals surface area contributed by atoms with Crippen LogP contribution in [0.15, 0.2) is 91.1 Å². The zero-order valence-electron chi connectivity index (χ0n) is 21.4. The van der Waals surface area contributed by atoms with E-state index in [1.54, 1.807) is 0 Å². The van der Waals surface area contributed by atoms with Crippen molar-refractivity contribution < 1.29 is 13.2 Å². The van der Waals surface area contributed by atoms with Crippen molar-refractivity contribution in [1.29, 1.82) is 0 Å². The zero-order valence-corrected chi connectivity index (χ0v) is 21.4. The van der Waals surface area contributed by atoms with E-state index in [9.17, 15) is 13.2 Å². The number of aromatic nitrogens is 2. The Labute approximate surface area is 221 Å².